The van der Waals surface area contributed by atoms with E-state index in [4.69, 9.17) is 4.74 Å². The van der Waals surface area contributed by atoms with Gasteiger partial charge in [0.2, 0.25) is 5.91 Å². The first-order valence-electron chi connectivity index (χ1n) is 7.78. The van der Waals surface area contributed by atoms with Crippen molar-refractivity contribution >= 4 is 11.6 Å². The molecule has 1 aliphatic rings. The summed E-state index contributed by atoms with van der Waals surface area (Å²) in [5, 5.41) is 9.20. The number of hydrogen-bond donors (Lipinski definition) is 0. The summed E-state index contributed by atoms with van der Waals surface area (Å²) < 4.78 is 5.95. The van der Waals surface area contributed by atoms with Crippen LogP contribution in [0.15, 0.2) is 48.5 Å². The van der Waals surface area contributed by atoms with Gasteiger partial charge in [-0.15, -0.1) is 0 Å². The van der Waals surface area contributed by atoms with Crippen molar-refractivity contribution in [2.75, 3.05) is 11.4 Å². The van der Waals surface area contributed by atoms with E-state index in [0.29, 0.717) is 23.6 Å². The average Bonchev–Trinajstić information content (AvgIpc) is 2.59. The second-order valence-electron chi connectivity index (χ2n) is 5.71. The van der Waals surface area contributed by atoms with Crippen molar-refractivity contribution in [1.82, 2.24) is 0 Å². The van der Waals surface area contributed by atoms with Crippen molar-refractivity contribution in [2.45, 2.75) is 19.8 Å². The molecule has 2 aromatic carbocycles. The molecule has 4 nitrogen and oxygen atoms in total. The first-order valence-corrected chi connectivity index (χ1v) is 7.78. The number of amides is 1. The Morgan fingerprint density at radius 3 is 2.61 bits per heavy atom. The zero-order valence-corrected chi connectivity index (χ0v) is 13.0. The normalized spacial score (nSPS) is 17.7. The van der Waals surface area contributed by atoms with Crippen LogP contribution >= 0.6 is 0 Å². The third-order valence-corrected chi connectivity index (χ3v) is 4.09. The van der Waals surface area contributed by atoms with E-state index in [1.807, 2.05) is 37.3 Å². The Labute approximate surface area is 135 Å². The molecule has 4 heteroatoms. The number of ether oxygens (including phenoxy) is 1. The van der Waals surface area contributed by atoms with Gasteiger partial charge in [-0.1, -0.05) is 31.2 Å². The fraction of sp³-hybridized carbons (Fsp3) is 0.263. The van der Waals surface area contributed by atoms with Gasteiger partial charge in [0.1, 0.15) is 11.8 Å². The second kappa shape index (κ2) is 6.53. The highest BCUT2D eigenvalue weighted by molar-refractivity contribution is 5.96. The first kappa shape index (κ1) is 15.1. The Morgan fingerprint density at radius 2 is 1.83 bits per heavy atom. The van der Waals surface area contributed by atoms with E-state index >= 15 is 0 Å². The highest BCUT2D eigenvalue weighted by Crippen LogP contribution is 2.35. The lowest BCUT2D eigenvalue weighted by Gasteiger charge is -2.31. The summed E-state index contributed by atoms with van der Waals surface area (Å²) in [6.45, 7) is 2.66. The van der Waals surface area contributed by atoms with Crippen molar-refractivity contribution in [3.8, 4) is 17.6 Å². The Hall–Kier alpha value is -2.80. The van der Waals surface area contributed by atoms with Gasteiger partial charge in [0, 0.05) is 12.5 Å². The third kappa shape index (κ3) is 3.04. The number of para-hydroxylation sites is 3. The van der Waals surface area contributed by atoms with Gasteiger partial charge < -0.3 is 9.64 Å². The molecule has 1 amide bonds. The fourth-order valence-corrected chi connectivity index (χ4v) is 2.83. The number of rotatable bonds is 3. The summed E-state index contributed by atoms with van der Waals surface area (Å²) in [6.07, 6.45) is 1.91. The summed E-state index contributed by atoms with van der Waals surface area (Å²) >= 11 is 0. The molecule has 23 heavy (non-hydrogen) atoms. The van der Waals surface area contributed by atoms with Crippen LogP contribution in [-0.4, -0.2) is 12.5 Å². The summed E-state index contributed by atoms with van der Waals surface area (Å²) in [4.78, 5) is 14.3. The van der Waals surface area contributed by atoms with E-state index < -0.39 is 0 Å². The lowest BCUT2D eigenvalue weighted by atomic mass is 9.98. The van der Waals surface area contributed by atoms with Crippen molar-refractivity contribution in [2.24, 2.45) is 5.92 Å². The predicted octanol–water partition coefficient (Wildman–Crippen LogP) is 4.11. The molecule has 1 fully saturated rings. The van der Waals surface area contributed by atoms with Gasteiger partial charge in [-0.25, -0.2) is 0 Å². The van der Waals surface area contributed by atoms with Crippen LogP contribution in [0.1, 0.15) is 25.3 Å². The van der Waals surface area contributed by atoms with E-state index in [0.717, 1.165) is 18.5 Å². The molecule has 1 aliphatic heterocycles. The molecule has 3 rings (SSSR count). The topological polar surface area (TPSA) is 53.3 Å². The molecule has 0 bridgehead atoms. The highest BCUT2D eigenvalue weighted by atomic mass is 16.5. The molecule has 1 unspecified atom stereocenters. The van der Waals surface area contributed by atoms with Crippen LogP contribution in [0.3, 0.4) is 0 Å². The lowest BCUT2D eigenvalue weighted by Crippen LogP contribution is -2.40. The van der Waals surface area contributed by atoms with Crippen molar-refractivity contribution in [1.29, 1.82) is 5.26 Å². The number of benzene rings is 2. The molecule has 1 heterocycles. The molecule has 2 aromatic rings. The van der Waals surface area contributed by atoms with E-state index in [-0.39, 0.29) is 11.8 Å². The Morgan fingerprint density at radius 1 is 1.13 bits per heavy atom. The quantitative estimate of drug-likeness (QED) is 0.857. The van der Waals surface area contributed by atoms with E-state index in [2.05, 4.69) is 6.07 Å². The molecule has 0 spiro atoms. The van der Waals surface area contributed by atoms with Crippen molar-refractivity contribution < 1.29 is 9.53 Å². The monoisotopic (exact) mass is 306 g/mol. The maximum atomic E-state index is 12.5. The van der Waals surface area contributed by atoms with Crippen LogP contribution in [0, 0.1) is 17.2 Å². The molecular weight excluding hydrogens is 288 g/mol. The minimum Gasteiger partial charge on any atom is -0.454 e. The molecular formula is C19H18N2O2. The molecule has 0 aromatic heterocycles. The average molecular weight is 306 g/mol. The highest BCUT2D eigenvalue weighted by Gasteiger charge is 2.28. The zero-order chi connectivity index (χ0) is 16.2. The smallest absolute Gasteiger partial charge is 0.229 e. The third-order valence-electron chi connectivity index (χ3n) is 4.09. The van der Waals surface area contributed by atoms with Crippen molar-refractivity contribution in [3.05, 3.63) is 54.1 Å². The number of carbonyl (C=O) groups excluding carboxylic acids is 1. The minimum atomic E-state index is 0.0307. The second-order valence-corrected chi connectivity index (χ2v) is 5.71. The summed E-state index contributed by atoms with van der Waals surface area (Å²) in [6, 6.07) is 16.7. The molecule has 1 saturated heterocycles. The number of anilines is 1. The summed E-state index contributed by atoms with van der Waals surface area (Å²) in [5.74, 6) is 1.25. The minimum absolute atomic E-state index is 0.0307. The van der Waals surface area contributed by atoms with Gasteiger partial charge >= 0.3 is 0 Å². The summed E-state index contributed by atoms with van der Waals surface area (Å²) in [5.41, 5.74) is 1.23. The maximum Gasteiger partial charge on any atom is 0.229 e. The van der Waals surface area contributed by atoms with Crippen LogP contribution in [-0.2, 0) is 4.79 Å². The standard InChI is InChI=1S/C19H18N2O2/c1-14-7-6-12-21(19(14)22)16-9-3-5-11-18(16)23-17-10-4-2-8-15(17)13-20/h2-5,8-11,14H,6-7,12H2,1H3. The molecule has 1 atom stereocenters. The number of piperidine rings is 1. The van der Waals surface area contributed by atoms with E-state index in [1.165, 1.54) is 0 Å². The number of nitriles is 1. The van der Waals surface area contributed by atoms with Gasteiger partial charge in [-0.2, -0.15) is 5.26 Å². The Bertz CT molecular complexity index is 764. The van der Waals surface area contributed by atoms with Crippen LogP contribution < -0.4 is 9.64 Å². The Balaban J connectivity index is 1.95. The zero-order valence-electron chi connectivity index (χ0n) is 13.0. The molecule has 0 N–H and O–H groups in total. The van der Waals surface area contributed by atoms with Gasteiger partial charge in [0.05, 0.1) is 11.3 Å². The largest absolute Gasteiger partial charge is 0.454 e. The van der Waals surface area contributed by atoms with Crippen LogP contribution in [0.4, 0.5) is 5.69 Å². The van der Waals surface area contributed by atoms with Gasteiger partial charge in [-0.3, -0.25) is 4.79 Å². The fourth-order valence-electron chi connectivity index (χ4n) is 2.83. The van der Waals surface area contributed by atoms with Crippen LogP contribution in [0.25, 0.3) is 0 Å². The first-order chi connectivity index (χ1) is 11.2. The van der Waals surface area contributed by atoms with Crippen LogP contribution in [0.2, 0.25) is 0 Å². The summed E-state index contributed by atoms with van der Waals surface area (Å²) in [7, 11) is 0. The Kier molecular flexibility index (Phi) is 4.29. The maximum absolute atomic E-state index is 12.5. The lowest BCUT2D eigenvalue weighted by molar-refractivity contribution is -0.123. The molecule has 116 valence electrons. The number of carbonyl (C=O) groups is 1. The van der Waals surface area contributed by atoms with Gasteiger partial charge in [0.25, 0.3) is 0 Å². The van der Waals surface area contributed by atoms with Gasteiger partial charge in [-0.05, 0) is 37.1 Å². The van der Waals surface area contributed by atoms with Crippen LogP contribution in [0.5, 0.6) is 11.5 Å². The SMILES string of the molecule is CC1CCCN(c2ccccc2Oc2ccccc2C#N)C1=O. The molecule has 0 aliphatic carbocycles. The van der Waals surface area contributed by atoms with E-state index in [1.54, 1.807) is 23.1 Å². The number of hydrogen-bond acceptors (Lipinski definition) is 3. The van der Waals surface area contributed by atoms with E-state index in [9.17, 15) is 10.1 Å². The molecule has 0 radical (unpaired) electrons. The molecule has 0 saturated carbocycles. The predicted molar refractivity (Wildman–Crippen MR) is 88.4 cm³/mol. The number of nitrogens with zero attached hydrogens (tertiary/aromatic N) is 2. The van der Waals surface area contributed by atoms with Gasteiger partial charge in [0.15, 0.2) is 5.75 Å². The van der Waals surface area contributed by atoms with Crippen molar-refractivity contribution in [3.63, 3.8) is 0 Å².